The molecule has 15 heavy (non-hydrogen) atoms. The highest BCUT2D eigenvalue weighted by Gasteiger charge is 2.31. The summed E-state index contributed by atoms with van der Waals surface area (Å²) in [7, 11) is -3.43. The fraction of sp³-hybridized carbons (Fsp3) is 0.400. The van der Waals surface area contributed by atoms with Crippen molar-refractivity contribution in [1.29, 1.82) is 0 Å². The van der Waals surface area contributed by atoms with E-state index in [1.165, 1.54) is 12.1 Å². The maximum absolute atomic E-state index is 12.0. The topological polar surface area (TPSA) is 66.4 Å². The molecule has 4 nitrogen and oxygen atoms in total. The molecule has 0 saturated carbocycles. The molecule has 0 aliphatic carbocycles. The van der Waals surface area contributed by atoms with Gasteiger partial charge in [-0.25, -0.2) is 8.42 Å². The molecular formula is C10H13NO3S. The molecule has 1 aromatic rings. The van der Waals surface area contributed by atoms with Crippen LogP contribution in [0.5, 0.6) is 5.75 Å². The first-order valence-electron chi connectivity index (χ1n) is 4.87. The highest BCUT2D eigenvalue weighted by molar-refractivity contribution is 7.92. The van der Waals surface area contributed by atoms with Crippen molar-refractivity contribution in [3.05, 3.63) is 24.3 Å². The highest BCUT2D eigenvalue weighted by Crippen LogP contribution is 2.27. The van der Waals surface area contributed by atoms with Gasteiger partial charge >= 0.3 is 0 Å². The number of nitrogens with one attached hydrogen (secondary N) is 1. The molecule has 1 aliphatic rings. The SMILES string of the molecule is O=S(=O)(c1ccccc1O)C1CCCN1. The van der Waals surface area contributed by atoms with E-state index in [4.69, 9.17) is 0 Å². The Hall–Kier alpha value is -1.07. The van der Waals surface area contributed by atoms with Crippen molar-refractivity contribution in [2.24, 2.45) is 0 Å². The smallest absolute Gasteiger partial charge is 0.197 e. The Morgan fingerprint density at radius 3 is 2.67 bits per heavy atom. The van der Waals surface area contributed by atoms with E-state index in [9.17, 15) is 13.5 Å². The van der Waals surface area contributed by atoms with Gasteiger partial charge in [0.2, 0.25) is 0 Å². The molecule has 1 aliphatic heterocycles. The number of benzene rings is 1. The molecule has 0 radical (unpaired) electrons. The first-order chi connectivity index (χ1) is 7.12. The van der Waals surface area contributed by atoms with E-state index in [1.54, 1.807) is 12.1 Å². The van der Waals surface area contributed by atoms with E-state index in [-0.39, 0.29) is 10.6 Å². The summed E-state index contributed by atoms with van der Waals surface area (Å²) in [5, 5.41) is 11.9. The average molecular weight is 227 g/mol. The lowest BCUT2D eigenvalue weighted by Crippen LogP contribution is -2.30. The van der Waals surface area contributed by atoms with Crippen molar-refractivity contribution in [1.82, 2.24) is 5.32 Å². The van der Waals surface area contributed by atoms with Crippen LogP contribution in [0, 0.1) is 0 Å². The first kappa shape index (κ1) is 10.4. The molecule has 0 amide bonds. The maximum atomic E-state index is 12.0. The summed E-state index contributed by atoms with van der Waals surface area (Å²) >= 11 is 0. The van der Waals surface area contributed by atoms with Gasteiger partial charge in [-0.2, -0.15) is 0 Å². The molecule has 1 aromatic carbocycles. The van der Waals surface area contributed by atoms with Crippen LogP contribution in [0.2, 0.25) is 0 Å². The van der Waals surface area contributed by atoms with Crippen molar-refractivity contribution in [2.45, 2.75) is 23.1 Å². The lowest BCUT2D eigenvalue weighted by molar-refractivity contribution is 0.457. The summed E-state index contributed by atoms with van der Waals surface area (Å²) in [4.78, 5) is 0.0180. The van der Waals surface area contributed by atoms with Gasteiger partial charge in [-0.3, -0.25) is 0 Å². The molecule has 5 heteroatoms. The van der Waals surface area contributed by atoms with Crippen LogP contribution in [-0.2, 0) is 9.84 Å². The van der Waals surface area contributed by atoms with E-state index >= 15 is 0 Å². The van der Waals surface area contributed by atoms with Gasteiger partial charge in [-0.15, -0.1) is 0 Å². The van der Waals surface area contributed by atoms with Gasteiger partial charge in [-0.1, -0.05) is 12.1 Å². The largest absolute Gasteiger partial charge is 0.507 e. The normalized spacial score (nSPS) is 21.7. The van der Waals surface area contributed by atoms with Gasteiger partial charge in [0.05, 0.1) is 0 Å². The van der Waals surface area contributed by atoms with Crippen LogP contribution in [0.3, 0.4) is 0 Å². The lowest BCUT2D eigenvalue weighted by atomic mass is 10.3. The number of aromatic hydroxyl groups is 1. The minimum Gasteiger partial charge on any atom is -0.507 e. The second-order valence-corrected chi connectivity index (χ2v) is 5.70. The molecule has 1 unspecified atom stereocenters. The fourth-order valence-corrected chi connectivity index (χ4v) is 3.52. The van der Waals surface area contributed by atoms with Gasteiger partial charge in [0.15, 0.2) is 9.84 Å². The minimum absolute atomic E-state index is 0.0180. The summed E-state index contributed by atoms with van der Waals surface area (Å²) in [6, 6.07) is 6.05. The van der Waals surface area contributed by atoms with E-state index < -0.39 is 15.2 Å². The van der Waals surface area contributed by atoms with Crippen molar-refractivity contribution in [3.63, 3.8) is 0 Å². The number of phenols is 1. The average Bonchev–Trinajstić information content (AvgIpc) is 2.71. The molecule has 0 aromatic heterocycles. The Kier molecular flexibility index (Phi) is 2.67. The number of sulfone groups is 1. The summed E-state index contributed by atoms with van der Waals surface area (Å²) < 4.78 is 24.1. The molecule has 2 N–H and O–H groups in total. The molecule has 1 saturated heterocycles. The predicted octanol–water partition coefficient (Wildman–Crippen LogP) is 0.875. The third-order valence-corrected chi connectivity index (χ3v) is 4.67. The Balaban J connectivity index is 2.41. The fourth-order valence-electron chi connectivity index (χ4n) is 1.77. The molecule has 0 spiro atoms. The van der Waals surface area contributed by atoms with Crippen LogP contribution in [0.25, 0.3) is 0 Å². The van der Waals surface area contributed by atoms with Gasteiger partial charge in [0.25, 0.3) is 0 Å². The van der Waals surface area contributed by atoms with E-state index in [0.29, 0.717) is 6.42 Å². The highest BCUT2D eigenvalue weighted by atomic mass is 32.2. The van der Waals surface area contributed by atoms with E-state index in [1.807, 2.05) is 0 Å². The number of hydrogen-bond acceptors (Lipinski definition) is 4. The van der Waals surface area contributed by atoms with Crippen LogP contribution in [0.1, 0.15) is 12.8 Å². The monoisotopic (exact) mass is 227 g/mol. The molecule has 1 heterocycles. The quantitative estimate of drug-likeness (QED) is 0.787. The number of phenolic OH excluding ortho intramolecular Hbond substituents is 1. The van der Waals surface area contributed by atoms with Crippen LogP contribution in [-0.4, -0.2) is 25.4 Å². The maximum Gasteiger partial charge on any atom is 0.197 e. The van der Waals surface area contributed by atoms with Crippen molar-refractivity contribution < 1.29 is 13.5 Å². The van der Waals surface area contributed by atoms with Crippen molar-refractivity contribution >= 4 is 9.84 Å². The van der Waals surface area contributed by atoms with Crippen LogP contribution < -0.4 is 5.32 Å². The van der Waals surface area contributed by atoms with Gasteiger partial charge in [0.1, 0.15) is 16.0 Å². The third kappa shape index (κ3) is 1.85. The molecule has 1 fully saturated rings. The van der Waals surface area contributed by atoms with Crippen LogP contribution in [0.4, 0.5) is 0 Å². The van der Waals surface area contributed by atoms with Crippen molar-refractivity contribution in [3.8, 4) is 5.75 Å². The zero-order valence-electron chi connectivity index (χ0n) is 8.18. The second kappa shape index (κ2) is 3.83. The van der Waals surface area contributed by atoms with Gasteiger partial charge < -0.3 is 10.4 Å². The number of hydrogen-bond donors (Lipinski definition) is 2. The number of rotatable bonds is 2. The summed E-state index contributed by atoms with van der Waals surface area (Å²) in [5.74, 6) is -0.175. The zero-order chi connectivity index (χ0) is 10.9. The van der Waals surface area contributed by atoms with Crippen LogP contribution in [0.15, 0.2) is 29.2 Å². The summed E-state index contributed by atoms with van der Waals surface area (Å²) in [6.07, 6.45) is 1.47. The molecule has 1 atom stereocenters. The molecule has 2 rings (SSSR count). The number of para-hydroxylation sites is 1. The van der Waals surface area contributed by atoms with Crippen LogP contribution >= 0.6 is 0 Å². The Morgan fingerprint density at radius 1 is 1.33 bits per heavy atom. The summed E-state index contributed by atoms with van der Waals surface area (Å²) in [6.45, 7) is 0.720. The zero-order valence-corrected chi connectivity index (χ0v) is 9.00. The van der Waals surface area contributed by atoms with Crippen molar-refractivity contribution in [2.75, 3.05) is 6.54 Å². The van der Waals surface area contributed by atoms with Gasteiger partial charge in [-0.05, 0) is 31.5 Å². The lowest BCUT2D eigenvalue weighted by Gasteiger charge is -2.12. The standard InChI is InChI=1S/C10H13NO3S/c12-8-4-1-2-5-9(8)15(13,14)10-6-3-7-11-10/h1-2,4-5,10-12H,3,6-7H2. The summed E-state index contributed by atoms with van der Waals surface area (Å²) in [5.41, 5.74) is 0. The minimum atomic E-state index is -3.43. The Morgan fingerprint density at radius 2 is 2.07 bits per heavy atom. The van der Waals surface area contributed by atoms with Gasteiger partial charge in [0, 0.05) is 0 Å². The second-order valence-electron chi connectivity index (χ2n) is 3.60. The Labute approximate surface area is 88.9 Å². The third-order valence-electron chi connectivity index (χ3n) is 2.56. The Bertz CT molecular complexity index is 449. The van der Waals surface area contributed by atoms with E-state index in [2.05, 4.69) is 5.32 Å². The predicted molar refractivity (Wildman–Crippen MR) is 56.3 cm³/mol. The first-order valence-corrected chi connectivity index (χ1v) is 6.42. The molecular weight excluding hydrogens is 214 g/mol. The van der Waals surface area contributed by atoms with E-state index in [0.717, 1.165) is 13.0 Å². The molecule has 0 bridgehead atoms. The molecule has 82 valence electrons.